The molecule has 1 amide bonds. The van der Waals surface area contributed by atoms with Gasteiger partial charge in [0.25, 0.3) is 0 Å². The van der Waals surface area contributed by atoms with Gasteiger partial charge in [-0.3, -0.25) is 9.59 Å². The van der Waals surface area contributed by atoms with Crippen LogP contribution >= 0.6 is 0 Å². The summed E-state index contributed by atoms with van der Waals surface area (Å²) in [6.45, 7) is 10.7. The molecule has 1 heterocycles. The summed E-state index contributed by atoms with van der Waals surface area (Å²) < 4.78 is 11.4. The van der Waals surface area contributed by atoms with Crippen molar-refractivity contribution < 1.29 is 23.9 Å². The van der Waals surface area contributed by atoms with Crippen LogP contribution in [-0.2, 0) is 23.9 Å². The maximum Gasteiger partial charge on any atom is 0.328 e. The van der Waals surface area contributed by atoms with Gasteiger partial charge in [0.05, 0.1) is 5.92 Å². The molecule has 1 saturated heterocycles. The van der Waals surface area contributed by atoms with E-state index in [1.807, 2.05) is 13.8 Å². The lowest BCUT2D eigenvalue weighted by atomic mass is 9.86. The molecule has 0 aliphatic carbocycles. The summed E-state index contributed by atoms with van der Waals surface area (Å²) in [5.41, 5.74) is 0. The smallest absolute Gasteiger partial charge is 0.328 e. The van der Waals surface area contributed by atoms with Crippen molar-refractivity contribution in [3.8, 4) is 0 Å². The fourth-order valence-corrected chi connectivity index (χ4v) is 5.03. The van der Waals surface area contributed by atoms with E-state index in [9.17, 15) is 14.4 Å². The maximum absolute atomic E-state index is 12.9. The molecule has 1 aliphatic heterocycles. The Morgan fingerprint density at radius 2 is 1.53 bits per heavy atom. The van der Waals surface area contributed by atoms with Crippen molar-refractivity contribution in [3.63, 3.8) is 0 Å². The third-order valence-corrected chi connectivity index (χ3v) is 7.23. The van der Waals surface area contributed by atoms with Gasteiger partial charge in [-0.2, -0.15) is 0 Å². The lowest BCUT2D eigenvalue weighted by Gasteiger charge is -2.37. The molecule has 210 valence electrons. The van der Waals surface area contributed by atoms with Gasteiger partial charge in [0, 0.05) is 6.42 Å². The summed E-state index contributed by atoms with van der Waals surface area (Å²) in [5.74, 6) is 0.358. The van der Waals surface area contributed by atoms with Crippen LogP contribution in [0.4, 0.5) is 0 Å². The number of hydrogen-bond acceptors (Lipinski definition) is 5. The molecule has 0 bridgehead atoms. The molecular formula is C30H55NO5. The number of carbonyl (C=O) groups excluding carboxylic acids is 3. The van der Waals surface area contributed by atoms with Crippen molar-refractivity contribution in [2.45, 2.75) is 156 Å². The Morgan fingerprint density at radius 3 is 2.08 bits per heavy atom. The molecule has 0 spiro atoms. The van der Waals surface area contributed by atoms with Crippen LogP contribution in [0.5, 0.6) is 0 Å². The third kappa shape index (κ3) is 14.2. The zero-order chi connectivity index (χ0) is 26.8. The highest BCUT2D eigenvalue weighted by atomic mass is 16.6. The Balaban J connectivity index is 2.59. The molecule has 6 nitrogen and oxygen atoms in total. The Labute approximate surface area is 221 Å². The second-order valence-electron chi connectivity index (χ2n) is 11.6. The number of amides is 1. The Morgan fingerprint density at radius 1 is 0.917 bits per heavy atom. The second-order valence-corrected chi connectivity index (χ2v) is 11.6. The van der Waals surface area contributed by atoms with E-state index in [1.165, 1.54) is 51.4 Å². The standard InChI is InChI=1S/C30H55NO5/c1-6-7-8-9-10-11-12-13-14-18-25(35-30(34)27(31-22-32)20-24(4)5)21-28-26(29(33)36-28)19-16-15-17-23(2)3/h22-28H,6-21H2,1-5H3,(H,31,32)/t25-,26-,27-,28-/m0/s1. The van der Waals surface area contributed by atoms with Crippen LogP contribution in [0.1, 0.15) is 137 Å². The van der Waals surface area contributed by atoms with Crippen molar-refractivity contribution in [2.75, 3.05) is 0 Å². The number of carbonyl (C=O) groups is 3. The average Bonchev–Trinajstić information content (AvgIpc) is 2.81. The normalized spacial score (nSPS) is 19.0. The van der Waals surface area contributed by atoms with Crippen LogP contribution in [0.3, 0.4) is 0 Å². The van der Waals surface area contributed by atoms with Crippen molar-refractivity contribution in [1.82, 2.24) is 5.32 Å². The Hall–Kier alpha value is -1.59. The topological polar surface area (TPSA) is 81.7 Å². The number of ether oxygens (including phenoxy) is 2. The van der Waals surface area contributed by atoms with Crippen LogP contribution in [0.15, 0.2) is 0 Å². The van der Waals surface area contributed by atoms with Crippen LogP contribution in [-0.4, -0.2) is 36.6 Å². The van der Waals surface area contributed by atoms with Gasteiger partial charge in [-0.1, -0.05) is 105 Å². The van der Waals surface area contributed by atoms with Gasteiger partial charge in [-0.15, -0.1) is 0 Å². The SMILES string of the molecule is CCCCCCCCCCC[C@@H](C[C@@H]1OC(=O)[C@H]1CCCCC(C)C)OC(=O)[C@H](CC(C)C)NC=O. The second kappa shape index (κ2) is 19.5. The van der Waals surface area contributed by atoms with E-state index < -0.39 is 6.04 Å². The summed E-state index contributed by atoms with van der Waals surface area (Å²) in [4.78, 5) is 36.1. The minimum absolute atomic E-state index is 0.0824. The average molecular weight is 510 g/mol. The molecule has 0 aromatic rings. The molecule has 0 saturated carbocycles. The summed E-state index contributed by atoms with van der Waals surface area (Å²) in [5, 5.41) is 2.62. The monoisotopic (exact) mass is 509 g/mol. The van der Waals surface area contributed by atoms with E-state index in [0.29, 0.717) is 25.2 Å². The van der Waals surface area contributed by atoms with Crippen LogP contribution < -0.4 is 5.32 Å². The molecule has 0 unspecified atom stereocenters. The van der Waals surface area contributed by atoms with E-state index in [0.717, 1.165) is 38.5 Å². The van der Waals surface area contributed by atoms with Crippen molar-refractivity contribution in [1.29, 1.82) is 0 Å². The minimum Gasteiger partial charge on any atom is -0.461 e. The number of cyclic esters (lactones) is 1. The zero-order valence-corrected chi connectivity index (χ0v) is 23.9. The molecule has 1 rings (SSSR count). The molecule has 0 aromatic carbocycles. The van der Waals surface area contributed by atoms with E-state index >= 15 is 0 Å². The Bertz CT molecular complexity index is 606. The molecular weight excluding hydrogens is 454 g/mol. The lowest BCUT2D eigenvalue weighted by Crippen LogP contribution is -2.48. The van der Waals surface area contributed by atoms with E-state index in [1.54, 1.807) is 0 Å². The summed E-state index contributed by atoms with van der Waals surface area (Å²) in [7, 11) is 0. The summed E-state index contributed by atoms with van der Waals surface area (Å²) in [6.07, 6.45) is 17.3. The van der Waals surface area contributed by atoms with Crippen LogP contribution in [0.2, 0.25) is 0 Å². The third-order valence-electron chi connectivity index (χ3n) is 7.23. The van der Waals surface area contributed by atoms with Crippen LogP contribution in [0, 0.1) is 17.8 Å². The molecule has 6 heteroatoms. The number of rotatable bonds is 23. The van der Waals surface area contributed by atoms with Crippen molar-refractivity contribution in [3.05, 3.63) is 0 Å². The summed E-state index contributed by atoms with van der Waals surface area (Å²) in [6, 6.07) is -0.635. The van der Waals surface area contributed by atoms with Gasteiger partial charge < -0.3 is 14.8 Å². The highest BCUT2D eigenvalue weighted by Gasteiger charge is 2.43. The van der Waals surface area contributed by atoms with E-state index in [-0.39, 0.29) is 36.0 Å². The molecule has 36 heavy (non-hydrogen) atoms. The first-order chi connectivity index (χ1) is 17.3. The van der Waals surface area contributed by atoms with Crippen molar-refractivity contribution >= 4 is 18.3 Å². The molecule has 1 aliphatic rings. The quantitative estimate of drug-likeness (QED) is 0.0900. The van der Waals surface area contributed by atoms with E-state index in [2.05, 4.69) is 26.1 Å². The first kappa shape index (κ1) is 32.4. The largest absolute Gasteiger partial charge is 0.461 e. The molecule has 4 atom stereocenters. The summed E-state index contributed by atoms with van der Waals surface area (Å²) >= 11 is 0. The predicted octanol–water partition coefficient (Wildman–Crippen LogP) is 7.13. The number of esters is 2. The first-order valence-corrected chi connectivity index (χ1v) is 14.9. The Kier molecular flexibility index (Phi) is 17.6. The lowest BCUT2D eigenvalue weighted by molar-refractivity contribution is -0.190. The van der Waals surface area contributed by atoms with Crippen LogP contribution in [0.25, 0.3) is 0 Å². The van der Waals surface area contributed by atoms with E-state index in [4.69, 9.17) is 9.47 Å². The number of unbranched alkanes of at least 4 members (excludes halogenated alkanes) is 9. The van der Waals surface area contributed by atoms with Gasteiger partial charge in [0.1, 0.15) is 18.2 Å². The number of nitrogens with one attached hydrogen (secondary N) is 1. The fraction of sp³-hybridized carbons (Fsp3) is 0.900. The number of hydrogen-bond donors (Lipinski definition) is 1. The fourth-order valence-electron chi connectivity index (χ4n) is 5.03. The van der Waals surface area contributed by atoms with Gasteiger partial charge in [-0.05, 0) is 37.5 Å². The van der Waals surface area contributed by atoms with Gasteiger partial charge in [0.15, 0.2) is 0 Å². The van der Waals surface area contributed by atoms with Gasteiger partial charge in [0.2, 0.25) is 6.41 Å². The highest BCUT2D eigenvalue weighted by molar-refractivity contribution is 5.79. The minimum atomic E-state index is -0.635. The molecule has 1 fully saturated rings. The first-order valence-electron chi connectivity index (χ1n) is 14.9. The van der Waals surface area contributed by atoms with Crippen molar-refractivity contribution in [2.24, 2.45) is 17.8 Å². The van der Waals surface area contributed by atoms with Gasteiger partial charge >= 0.3 is 11.9 Å². The predicted molar refractivity (Wildman–Crippen MR) is 145 cm³/mol. The molecule has 0 radical (unpaired) electrons. The zero-order valence-electron chi connectivity index (χ0n) is 23.9. The maximum atomic E-state index is 12.9. The van der Waals surface area contributed by atoms with Gasteiger partial charge in [-0.25, -0.2) is 4.79 Å². The molecule has 1 N–H and O–H groups in total. The molecule has 0 aromatic heterocycles. The highest BCUT2D eigenvalue weighted by Crippen LogP contribution is 2.33.